The first kappa shape index (κ1) is 15.4. The van der Waals surface area contributed by atoms with Gasteiger partial charge in [0.25, 0.3) is 0 Å². The molecular weight excluding hydrogens is 262 g/mol. The fourth-order valence-electron chi connectivity index (χ4n) is 1.41. The molecule has 0 heterocycles. The van der Waals surface area contributed by atoms with E-state index in [0.29, 0.717) is 5.69 Å². The number of nitrogens with zero attached hydrogens (tertiary/aromatic N) is 1. The summed E-state index contributed by atoms with van der Waals surface area (Å²) in [5, 5.41) is 9.41. The maximum atomic E-state index is 11.6. The molecule has 106 valence electrons. The third-order valence-electron chi connectivity index (χ3n) is 2.44. The van der Waals surface area contributed by atoms with Gasteiger partial charge in [0.05, 0.1) is 25.5 Å². The highest BCUT2D eigenvalue weighted by Crippen LogP contribution is 2.19. The van der Waals surface area contributed by atoms with Gasteiger partial charge >= 0.3 is 11.9 Å². The third kappa shape index (κ3) is 3.68. The van der Waals surface area contributed by atoms with Crippen LogP contribution in [0, 0.1) is 0 Å². The Morgan fingerprint density at radius 1 is 1.20 bits per heavy atom. The number of hydrogen-bond donors (Lipinski definition) is 1. The predicted molar refractivity (Wildman–Crippen MR) is 73.3 cm³/mol. The molecular formula is C14H15NO5. The van der Waals surface area contributed by atoms with Crippen molar-refractivity contribution >= 4 is 23.8 Å². The Kier molecular flexibility index (Phi) is 5.46. The number of benzene rings is 1. The van der Waals surface area contributed by atoms with E-state index in [9.17, 15) is 14.7 Å². The summed E-state index contributed by atoms with van der Waals surface area (Å²) in [4.78, 5) is 27.0. The maximum absolute atomic E-state index is 11.6. The number of esters is 2. The Morgan fingerprint density at radius 3 is 2.40 bits per heavy atom. The van der Waals surface area contributed by atoms with E-state index < -0.39 is 11.9 Å². The van der Waals surface area contributed by atoms with Crippen molar-refractivity contribution in [3.05, 3.63) is 41.2 Å². The Morgan fingerprint density at radius 2 is 1.85 bits per heavy atom. The molecule has 0 unspecified atom stereocenters. The minimum Gasteiger partial charge on any atom is -0.512 e. The van der Waals surface area contributed by atoms with Gasteiger partial charge in [0.15, 0.2) is 0 Å². The fraction of sp³-hybridized carbons (Fsp3) is 0.214. The monoisotopic (exact) mass is 277 g/mol. The van der Waals surface area contributed by atoms with Crippen LogP contribution in [0.4, 0.5) is 5.69 Å². The first-order chi connectivity index (χ1) is 9.51. The molecule has 1 rings (SSSR count). The molecule has 1 N–H and O–H groups in total. The van der Waals surface area contributed by atoms with E-state index in [1.54, 1.807) is 24.3 Å². The molecule has 0 atom stereocenters. The molecule has 1 aromatic rings. The van der Waals surface area contributed by atoms with E-state index in [4.69, 9.17) is 0 Å². The zero-order valence-corrected chi connectivity index (χ0v) is 11.4. The fourth-order valence-corrected chi connectivity index (χ4v) is 1.41. The smallest absolute Gasteiger partial charge is 0.342 e. The standard InChI is InChI=1S/C14H15NO5/c1-9(16)11(14(18)20-3)8-15-12-7-5-4-6-10(12)13(17)19-2/h4-8,16H,1-3H3. The quantitative estimate of drug-likeness (QED) is 0.394. The van der Waals surface area contributed by atoms with Gasteiger partial charge in [-0.15, -0.1) is 0 Å². The van der Waals surface area contributed by atoms with Gasteiger partial charge in [-0.2, -0.15) is 0 Å². The largest absolute Gasteiger partial charge is 0.512 e. The van der Waals surface area contributed by atoms with Gasteiger partial charge in [0, 0.05) is 6.21 Å². The molecule has 20 heavy (non-hydrogen) atoms. The highest BCUT2D eigenvalue weighted by molar-refractivity contribution is 6.10. The summed E-state index contributed by atoms with van der Waals surface area (Å²) in [6, 6.07) is 6.49. The number of carbonyl (C=O) groups is 2. The Bertz CT molecular complexity index is 571. The van der Waals surface area contributed by atoms with Gasteiger partial charge in [-0.25, -0.2) is 9.59 Å². The molecule has 0 spiro atoms. The van der Waals surface area contributed by atoms with Crippen LogP contribution >= 0.6 is 0 Å². The number of aliphatic hydroxyl groups excluding tert-OH is 1. The lowest BCUT2D eigenvalue weighted by atomic mass is 10.2. The van der Waals surface area contributed by atoms with Crippen LogP contribution < -0.4 is 0 Å². The molecule has 0 aromatic heterocycles. The number of carbonyl (C=O) groups excluding carboxylic acids is 2. The molecule has 0 amide bonds. The Balaban J connectivity index is 3.16. The summed E-state index contributed by atoms with van der Waals surface area (Å²) in [5.74, 6) is -1.48. The van der Waals surface area contributed by atoms with E-state index in [2.05, 4.69) is 14.5 Å². The number of aliphatic imine (C=N–C) groups is 1. The summed E-state index contributed by atoms with van der Waals surface area (Å²) in [6.07, 6.45) is 1.14. The van der Waals surface area contributed by atoms with Crippen LogP contribution in [0.1, 0.15) is 17.3 Å². The van der Waals surface area contributed by atoms with Crippen molar-refractivity contribution in [2.75, 3.05) is 14.2 Å². The molecule has 6 nitrogen and oxygen atoms in total. The van der Waals surface area contributed by atoms with E-state index in [-0.39, 0.29) is 16.9 Å². The molecule has 0 fully saturated rings. The zero-order valence-electron chi connectivity index (χ0n) is 11.4. The summed E-state index contributed by atoms with van der Waals surface area (Å²) < 4.78 is 9.16. The molecule has 0 radical (unpaired) electrons. The topological polar surface area (TPSA) is 85.2 Å². The second-order valence-electron chi connectivity index (χ2n) is 3.76. The van der Waals surface area contributed by atoms with Crippen molar-refractivity contribution < 1.29 is 24.2 Å². The number of hydrogen-bond acceptors (Lipinski definition) is 6. The second kappa shape index (κ2) is 7.08. The van der Waals surface area contributed by atoms with Crippen molar-refractivity contribution in [1.82, 2.24) is 0 Å². The first-order valence-electron chi connectivity index (χ1n) is 5.70. The lowest BCUT2D eigenvalue weighted by Crippen LogP contribution is -2.08. The molecule has 0 saturated heterocycles. The Hall–Kier alpha value is -2.63. The van der Waals surface area contributed by atoms with Crippen LogP contribution in [0.5, 0.6) is 0 Å². The first-order valence-corrected chi connectivity index (χ1v) is 5.70. The Labute approximate surface area is 116 Å². The van der Waals surface area contributed by atoms with Crippen molar-refractivity contribution in [3.8, 4) is 0 Å². The van der Waals surface area contributed by atoms with Gasteiger partial charge in [-0.1, -0.05) is 12.1 Å². The van der Waals surface area contributed by atoms with Gasteiger partial charge in [0.1, 0.15) is 11.3 Å². The number of rotatable bonds is 4. The molecule has 1 aromatic carbocycles. The number of aliphatic hydroxyl groups is 1. The van der Waals surface area contributed by atoms with Crippen molar-refractivity contribution in [2.24, 2.45) is 4.99 Å². The lowest BCUT2D eigenvalue weighted by molar-refractivity contribution is -0.135. The van der Waals surface area contributed by atoms with Gasteiger partial charge in [-0.05, 0) is 19.1 Å². The highest BCUT2D eigenvalue weighted by atomic mass is 16.5. The SMILES string of the molecule is COC(=O)C(C=Nc1ccccc1C(=O)OC)=C(C)O. The van der Waals surface area contributed by atoms with Crippen LogP contribution in [0.2, 0.25) is 0 Å². The van der Waals surface area contributed by atoms with Gasteiger partial charge < -0.3 is 14.6 Å². The lowest BCUT2D eigenvalue weighted by Gasteiger charge is -2.04. The highest BCUT2D eigenvalue weighted by Gasteiger charge is 2.13. The number of methoxy groups -OCH3 is 2. The molecule has 0 saturated carbocycles. The molecule has 0 aliphatic heterocycles. The van der Waals surface area contributed by atoms with E-state index in [1.165, 1.54) is 21.1 Å². The van der Waals surface area contributed by atoms with Crippen molar-refractivity contribution in [3.63, 3.8) is 0 Å². The van der Waals surface area contributed by atoms with Crippen molar-refractivity contribution in [2.45, 2.75) is 6.92 Å². The summed E-state index contributed by atoms with van der Waals surface area (Å²) >= 11 is 0. The minimum absolute atomic E-state index is 0.0906. The predicted octanol–water partition coefficient (Wildman–Crippen LogP) is 2.18. The van der Waals surface area contributed by atoms with Crippen LogP contribution in [-0.2, 0) is 14.3 Å². The molecule has 0 aliphatic rings. The normalized spacial score (nSPS) is 11.9. The van der Waals surface area contributed by atoms with Crippen LogP contribution in [0.25, 0.3) is 0 Å². The summed E-state index contributed by atoms with van der Waals surface area (Å²) in [7, 11) is 2.46. The third-order valence-corrected chi connectivity index (χ3v) is 2.44. The van der Waals surface area contributed by atoms with E-state index in [0.717, 1.165) is 6.21 Å². The minimum atomic E-state index is -0.718. The number of para-hydroxylation sites is 1. The average Bonchev–Trinajstić information content (AvgIpc) is 2.46. The molecule has 0 bridgehead atoms. The summed E-state index contributed by atoms with van der Waals surface area (Å²) in [5.41, 5.74) is 0.486. The number of allylic oxidation sites excluding steroid dienone is 1. The van der Waals surface area contributed by atoms with Crippen molar-refractivity contribution in [1.29, 1.82) is 0 Å². The number of ether oxygens (including phenoxy) is 2. The molecule has 6 heteroatoms. The van der Waals surface area contributed by atoms with E-state index >= 15 is 0 Å². The van der Waals surface area contributed by atoms with Crippen LogP contribution in [0.15, 0.2) is 40.6 Å². The van der Waals surface area contributed by atoms with E-state index in [1.807, 2.05) is 0 Å². The van der Waals surface area contributed by atoms with Crippen LogP contribution in [-0.4, -0.2) is 37.5 Å². The van der Waals surface area contributed by atoms with Crippen LogP contribution in [0.3, 0.4) is 0 Å². The molecule has 0 aliphatic carbocycles. The second-order valence-corrected chi connectivity index (χ2v) is 3.76. The summed E-state index contributed by atoms with van der Waals surface area (Å²) in [6.45, 7) is 1.34. The zero-order chi connectivity index (χ0) is 15.1. The maximum Gasteiger partial charge on any atom is 0.342 e. The van der Waals surface area contributed by atoms with Gasteiger partial charge in [-0.3, -0.25) is 4.99 Å². The average molecular weight is 277 g/mol. The van der Waals surface area contributed by atoms with Gasteiger partial charge in [0.2, 0.25) is 0 Å².